The van der Waals surface area contributed by atoms with Crippen molar-refractivity contribution in [1.29, 1.82) is 0 Å². The molecule has 0 saturated carbocycles. The molecule has 0 heterocycles. The molecule has 8 heteroatoms. The molecule has 0 aliphatic carbocycles. The predicted octanol–water partition coefficient (Wildman–Crippen LogP) is -0.182. The largest absolute Gasteiger partial charge is 0.395 e. The van der Waals surface area contributed by atoms with Crippen LogP contribution in [-0.4, -0.2) is 26.7 Å². The smallest absolute Gasteiger partial charge is 0.243 e. The van der Waals surface area contributed by atoms with Crippen molar-refractivity contribution >= 4 is 15.7 Å². The van der Waals surface area contributed by atoms with Gasteiger partial charge in [0.15, 0.2) is 5.82 Å². The summed E-state index contributed by atoms with van der Waals surface area (Å²) in [7, 11) is -4.12. The molecule has 0 aromatic heterocycles. The van der Waals surface area contributed by atoms with Gasteiger partial charge >= 0.3 is 0 Å². The van der Waals surface area contributed by atoms with Gasteiger partial charge in [0, 0.05) is 6.54 Å². The molecule has 0 radical (unpaired) electrons. The Kier molecular flexibility index (Phi) is 3.79. The van der Waals surface area contributed by atoms with Gasteiger partial charge in [-0.25, -0.2) is 21.9 Å². The normalized spacial score (nSPS) is 11.7. The van der Waals surface area contributed by atoms with E-state index in [1.54, 1.807) is 0 Å². The third-order valence-electron chi connectivity index (χ3n) is 1.78. The van der Waals surface area contributed by atoms with Crippen LogP contribution in [0.15, 0.2) is 17.0 Å². The number of halogens is 2. The topological polar surface area (TPSA) is 92.4 Å². The Labute approximate surface area is 90.9 Å². The molecule has 0 saturated heterocycles. The number of nitrogens with one attached hydrogen (secondary N) is 1. The lowest BCUT2D eigenvalue weighted by molar-refractivity contribution is 0.301. The molecule has 1 aromatic rings. The van der Waals surface area contributed by atoms with E-state index in [1.807, 2.05) is 4.72 Å². The highest BCUT2D eigenvalue weighted by Crippen LogP contribution is 2.22. The first-order chi connectivity index (χ1) is 7.40. The van der Waals surface area contributed by atoms with Crippen LogP contribution in [-0.2, 0) is 10.0 Å². The Morgan fingerprint density at radius 1 is 1.38 bits per heavy atom. The van der Waals surface area contributed by atoms with Crippen molar-refractivity contribution in [2.45, 2.75) is 4.90 Å². The molecule has 4 N–H and O–H groups in total. The molecule has 5 nitrogen and oxygen atoms in total. The summed E-state index contributed by atoms with van der Waals surface area (Å²) in [6.07, 6.45) is 0. The van der Waals surface area contributed by atoms with Gasteiger partial charge in [-0.05, 0) is 12.1 Å². The molecule has 0 bridgehead atoms. The monoisotopic (exact) mass is 252 g/mol. The molecule has 1 rings (SSSR count). The zero-order valence-corrected chi connectivity index (χ0v) is 8.89. The number of anilines is 1. The second-order valence-corrected chi connectivity index (χ2v) is 4.63. The average molecular weight is 252 g/mol. The molecule has 0 aliphatic rings. The van der Waals surface area contributed by atoms with Gasteiger partial charge in [-0.2, -0.15) is 0 Å². The van der Waals surface area contributed by atoms with Crippen LogP contribution in [0, 0.1) is 11.6 Å². The summed E-state index contributed by atoms with van der Waals surface area (Å²) in [6, 6.07) is 1.52. The lowest BCUT2D eigenvalue weighted by Gasteiger charge is -2.08. The number of sulfonamides is 1. The van der Waals surface area contributed by atoms with Crippen molar-refractivity contribution in [3.05, 3.63) is 23.8 Å². The van der Waals surface area contributed by atoms with E-state index in [4.69, 9.17) is 10.8 Å². The first kappa shape index (κ1) is 12.8. The van der Waals surface area contributed by atoms with E-state index in [0.717, 1.165) is 12.1 Å². The van der Waals surface area contributed by atoms with Crippen LogP contribution in [0.2, 0.25) is 0 Å². The minimum atomic E-state index is -4.12. The van der Waals surface area contributed by atoms with Crippen LogP contribution in [0.3, 0.4) is 0 Å². The third-order valence-corrected chi connectivity index (χ3v) is 3.26. The van der Waals surface area contributed by atoms with E-state index in [0.29, 0.717) is 0 Å². The lowest BCUT2D eigenvalue weighted by Crippen LogP contribution is -2.27. The molecule has 0 atom stereocenters. The van der Waals surface area contributed by atoms with Gasteiger partial charge in [0.25, 0.3) is 0 Å². The summed E-state index contributed by atoms with van der Waals surface area (Å²) in [5.41, 5.74) is 4.16. The second kappa shape index (κ2) is 4.73. The highest BCUT2D eigenvalue weighted by Gasteiger charge is 2.21. The molecule has 0 fully saturated rings. The molecule has 0 amide bonds. The fourth-order valence-electron chi connectivity index (χ4n) is 1.01. The number of nitrogen functional groups attached to an aromatic ring is 1. The van der Waals surface area contributed by atoms with Crippen LogP contribution >= 0.6 is 0 Å². The van der Waals surface area contributed by atoms with Crippen LogP contribution in [0.25, 0.3) is 0 Å². The zero-order valence-electron chi connectivity index (χ0n) is 8.07. The molecular weight excluding hydrogens is 242 g/mol. The summed E-state index contributed by atoms with van der Waals surface area (Å²) in [6.45, 7) is -0.698. The predicted molar refractivity (Wildman–Crippen MR) is 53.0 cm³/mol. The Hall–Kier alpha value is -1.25. The van der Waals surface area contributed by atoms with Crippen molar-refractivity contribution in [2.24, 2.45) is 0 Å². The quantitative estimate of drug-likeness (QED) is 0.648. The van der Waals surface area contributed by atoms with Crippen molar-refractivity contribution < 1.29 is 22.3 Å². The van der Waals surface area contributed by atoms with Crippen molar-refractivity contribution in [3.63, 3.8) is 0 Å². The number of benzene rings is 1. The fraction of sp³-hybridized carbons (Fsp3) is 0.250. The standard InChI is InChI=1S/C8H10F2N2O3S/c9-5-1-2-6(7(10)8(5)11)16(14,15)12-3-4-13/h1-2,12-13H,3-4,11H2. The second-order valence-electron chi connectivity index (χ2n) is 2.89. The molecule has 0 spiro atoms. The lowest BCUT2D eigenvalue weighted by atomic mass is 10.3. The van der Waals surface area contributed by atoms with Crippen molar-refractivity contribution in [3.8, 4) is 0 Å². The maximum atomic E-state index is 13.3. The number of rotatable bonds is 4. The molecule has 1 aromatic carbocycles. The van der Waals surface area contributed by atoms with E-state index < -0.39 is 38.8 Å². The first-order valence-corrected chi connectivity index (χ1v) is 5.72. The number of hydrogen-bond acceptors (Lipinski definition) is 4. The van der Waals surface area contributed by atoms with Crippen LogP contribution < -0.4 is 10.5 Å². The van der Waals surface area contributed by atoms with Crippen molar-refractivity contribution in [2.75, 3.05) is 18.9 Å². The molecule has 16 heavy (non-hydrogen) atoms. The van der Waals surface area contributed by atoms with Gasteiger partial charge in [0.05, 0.1) is 6.61 Å². The number of aliphatic hydroxyl groups excluding tert-OH is 1. The highest BCUT2D eigenvalue weighted by atomic mass is 32.2. The Balaban J connectivity index is 3.19. The molecule has 0 aliphatic heterocycles. The first-order valence-electron chi connectivity index (χ1n) is 4.24. The maximum absolute atomic E-state index is 13.3. The minimum absolute atomic E-state index is 0.265. The van der Waals surface area contributed by atoms with E-state index in [9.17, 15) is 17.2 Å². The summed E-state index contributed by atoms with van der Waals surface area (Å²) in [5, 5.41) is 8.44. The van der Waals surface area contributed by atoms with E-state index in [1.165, 1.54) is 0 Å². The average Bonchev–Trinajstić information content (AvgIpc) is 2.23. The van der Waals surface area contributed by atoms with Crippen LogP contribution in [0.1, 0.15) is 0 Å². The van der Waals surface area contributed by atoms with Gasteiger partial charge in [-0.15, -0.1) is 0 Å². The summed E-state index contributed by atoms with van der Waals surface area (Å²) in [4.78, 5) is -0.750. The van der Waals surface area contributed by atoms with Gasteiger partial charge < -0.3 is 10.8 Å². The van der Waals surface area contributed by atoms with Gasteiger partial charge in [0.2, 0.25) is 10.0 Å². The van der Waals surface area contributed by atoms with E-state index in [-0.39, 0.29) is 6.54 Å². The summed E-state index contributed by atoms with van der Waals surface area (Å²) < 4.78 is 50.9. The van der Waals surface area contributed by atoms with Gasteiger partial charge in [0.1, 0.15) is 16.4 Å². The van der Waals surface area contributed by atoms with Crippen LogP contribution in [0.4, 0.5) is 14.5 Å². The zero-order chi connectivity index (χ0) is 12.3. The van der Waals surface area contributed by atoms with Crippen molar-refractivity contribution in [1.82, 2.24) is 4.72 Å². The van der Waals surface area contributed by atoms with Gasteiger partial charge in [-0.1, -0.05) is 0 Å². The Morgan fingerprint density at radius 3 is 2.56 bits per heavy atom. The van der Waals surface area contributed by atoms with Gasteiger partial charge in [-0.3, -0.25) is 0 Å². The molecular formula is C8H10F2N2O3S. The van der Waals surface area contributed by atoms with Crippen LogP contribution in [0.5, 0.6) is 0 Å². The SMILES string of the molecule is Nc1c(F)ccc(S(=O)(=O)NCCO)c1F. The number of nitrogens with two attached hydrogens (primary N) is 1. The number of aliphatic hydroxyl groups is 1. The number of hydrogen-bond donors (Lipinski definition) is 3. The highest BCUT2D eigenvalue weighted by molar-refractivity contribution is 7.89. The Morgan fingerprint density at radius 2 is 2.00 bits per heavy atom. The third kappa shape index (κ3) is 2.46. The fourth-order valence-corrected chi connectivity index (χ4v) is 2.12. The molecule has 90 valence electrons. The Bertz CT molecular complexity index is 490. The van der Waals surface area contributed by atoms with E-state index in [2.05, 4.69) is 0 Å². The van der Waals surface area contributed by atoms with E-state index >= 15 is 0 Å². The maximum Gasteiger partial charge on any atom is 0.243 e. The molecule has 0 unspecified atom stereocenters. The minimum Gasteiger partial charge on any atom is -0.395 e. The summed E-state index contributed by atoms with van der Waals surface area (Å²) in [5.74, 6) is -2.37. The summed E-state index contributed by atoms with van der Waals surface area (Å²) >= 11 is 0.